The van der Waals surface area contributed by atoms with Crippen molar-refractivity contribution < 1.29 is 17.9 Å². The van der Waals surface area contributed by atoms with Gasteiger partial charge in [-0.2, -0.15) is 0 Å². The van der Waals surface area contributed by atoms with Crippen LogP contribution in [0.5, 0.6) is 0 Å². The van der Waals surface area contributed by atoms with Crippen molar-refractivity contribution in [3.8, 4) is 0 Å². The van der Waals surface area contributed by atoms with E-state index < -0.39 is 6.36 Å². The van der Waals surface area contributed by atoms with Crippen molar-refractivity contribution in [2.75, 3.05) is 26.2 Å². The summed E-state index contributed by atoms with van der Waals surface area (Å²) < 4.78 is 40.3. The number of halogens is 3. The van der Waals surface area contributed by atoms with Gasteiger partial charge in [0, 0.05) is 31.2 Å². The van der Waals surface area contributed by atoms with Crippen LogP contribution in [0, 0.1) is 5.92 Å². The standard InChI is InChI=1S/C14H25F3N2O/c1-11(2)12-9-18-13(5-3-4-6-13)10-19(12)7-8-20-14(15,16)17/h11-12,18H,3-10H2,1-2H3. The highest BCUT2D eigenvalue weighted by Crippen LogP contribution is 2.34. The number of piperazine rings is 1. The number of nitrogens with zero attached hydrogens (tertiary/aromatic N) is 1. The van der Waals surface area contributed by atoms with Crippen LogP contribution in [0.4, 0.5) is 13.2 Å². The summed E-state index contributed by atoms with van der Waals surface area (Å²) in [5.41, 5.74) is 0.129. The first kappa shape index (κ1) is 16.0. The van der Waals surface area contributed by atoms with Crippen LogP contribution < -0.4 is 5.32 Å². The van der Waals surface area contributed by atoms with Gasteiger partial charge in [0.25, 0.3) is 0 Å². The van der Waals surface area contributed by atoms with Gasteiger partial charge in [0.2, 0.25) is 0 Å². The molecule has 0 amide bonds. The van der Waals surface area contributed by atoms with E-state index in [2.05, 4.69) is 28.8 Å². The van der Waals surface area contributed by atoms with Crippen LogP contribution in [0.25, 0.3) is 0 Å². The lowest BCUT2D eigenvalue weighted by Crippen LogP contribution is -2.64. The maximum absolute atomic E-state index is 12.1. The number of hydrogen-bond acceptors (Lipinski definition) is 3. The molecular formula is C14H25F3N2O. The van der Waals surface area contributed by atoms with Gasteiger partial charge in [0.15, 0.2) is 0 Å². The Morgan fingerprint density at radius 1 is 1.30 bits per heavy atom. The normalized spacial score (nSPS) is 27.6. The van der Waals surface area contributed by atoms with E-state index in [-0.39, 0.29) is 18.2 Å². The van der Waals surface area contributed by atoms with E-state index in [0.717, 1.165) is 25.9 Å². The smallest absolute Gasteiger partial charge is 0.308 e. The minimum absolute atomic E-state index is 0.129. The van der Waals surface area contributed by atoms with Gasteiger partial charge < -0.3 is 5.32 Å². The van der Waals surface area contributed by atoms with E-state index in [1.54, 1.807) is 0 Å². The summed E-state index contributed by atoms with van der Waals surface area (Å²) in [7, 11) is 0. The molecule has 1 unspecified atom stereocenters. The predicted octanol–water partition coefficient (Wildman–Crippen LogP) is 2.77. The summed E-state index contributed by atoms with van der Waals surface area (Å²) in [6, 6.07) is 0.290. The summed E-state index contributed by atoms with van der Waals surface area (Å²) in [6.45, 7) is 6.03. The lowest BCUT2D eigenvalue weighted by molar-refractivity contribution is -0.325. The average Bonchev–Trinajstić information content (AvgIpc) is 2.75. The summed E-state index contributed by atoms with van der Waals surface area (Å²) in [6.07, 6.45) is 0.174. The number of ether oxygens (including phenoxy) is 1. The van der Waals surface area contributed by atoms with Gasteiger partial charge in [-0.05, 0) is 18.8 Å². The Hall–Kier alpha value is -0.330. The van der Waals surface area contributed by atoms with Crippen LogP contribution in [0.15, 0.2) is 0 Å². The Bertz CT molecular complexity index is 314. The van der Waals surface area contributed by atoms with Crippen molar-refractivity contribution in [3.63, 3.8) is 0 Å². The first-order valence-electron chi connectivity index (χ1n) is 7.51. The van der Waals surface area contributed by atoms with Crippen LogP contribution in [-0.4, -0.2) is 49.1 Å². The van der Waals surface area contributed by atoms with Crippen molar-refractivity contribution in [1.29, 1.82) is 0 Å². The molecule has 1 saturated carbocycles. The zero-order valence-electron chi connectivity index (χ0n) is 12.3. The van der Waals surface area contributed by atoms with E-state index in [9.17, 15) is 13.2 Å². The van der Waals surface area contributed by atoms with Crippen molar-refractivity contribution in [2.24, 2.45) is 5.92 Å². The summed E-state index contributed by atoms with van der Waals surface area (Å²) in [5.74, 6) is 0.423. The molecule has 0 radical (unpaired) electrons. The second-order valence-corrected chi connectivity index (χ2v) is 6.44. The fraction of sp³-hybridized carbons (Fsp3) is 1.00. The number of nitrogens with one attached hydrogen (secondary N) is 1. The van der Waals surface area contributed by atoms with Crippen LogP contribution in [-0.2, 0) is 4.74 Å². The van der Waals surface area contributed by atoms with Gasteiger partial charge in [0.05, 0.1) is 6.61 Å². The van der Waals surface area contributed by atoms with Crippen molar-refractivity contribution >= 4 is 0 Å². The Morgan fingerprint density at radius 2 is 1.95 bits per heavy atom. The third kappa shape index (κ3) is 4.09. The van der Waals surface area contributed by atoms with E-state index >= 15 is 0 Å². The minimum atomic E-state index is -4.52. The quantitative estimate of drug-likeness (QED) is 0.863. The van der Waals surface area contributed by atoms with Crippen LogP contribution in [0.2, 0.25) is 0 Å². The summed E-state index contributed by atoms with van der Waals surface area (Å²) >= 11 is 0. The minimum Gasteiger partial charge on any atom is -0.308 e. The third-order valence-electron chi connectivity index (χ3n) is 4.64. The summed E-state index contributed by atoms with van der Waals surface area (Å²) in [5, 5.41) is 3.66. The molecule has 1 saturated heterocycles. The molecule has 1 N–H and O–H groups in total. The lowest BCUT2D eigenvalue weighted by Gasteiger charge is -2.48. The van der Waals surface area contributed by atoms with E-state index in [0.29, 0.717) is 12.5 Å². The molecule has 1 spiro atoms. The molecule has 1 aliphatic carbocycles. The number of alkyl halides is 3. The van der Waals surface area contributed by atoms with Crippen LogP contribution in [0.3, 0.4) is 0 Å². The molecule has 118 valence electrons. The topological polar surface area (TPSA) is 24.5 Å². The van der Waals surface area contributed by atoms with Crippen LogP contribution >= 0.6 is 0 Å². The molecular weight excluding hydrogens is 269 g/mol. The van der Waals surface area contributed by atoms with Crippen molar-refractivity contribution in [3.05, 3.63) is 0 Å². The van der Waals surface area contributed by atoms with Gasteiger partial charge in [0.1, 0.15) is 0 Å². The van der Waals surface area contributed by atoms with Gasteiger partial charge in [-0.1, -0.05) is 26.7 Å². The summed E-state index contributed by atoms with van der Waals surface area (Å²) in [4.78, 5) is 2.19. The highest BCUT2D eigenvalue weighted by atomic mass is 19.4. The van der Waals surface area contributed by atoms with Gasteiger partial charge in [-0.15, -0.1) is 13.2 Å². The molecule has 6 heteroatoms. The monoisotopic (exact) mass is 294 g/mol. The average molecular weight is 294 g/mol. The molecule has 0 aromatic heterocycles. The van der Waals surface area contributed by atoms with Crippen LogP contribution in [0.1, 0.15) is 39.5 Å². The second kappa shape index (κ2) is 6.20. The number of rotatable bonds is 4. The molecule has 0 bridgehead atoms. The maximum Gasteiger partial charge on any atom is 0.522 e. The zero-order chi connectivity index (χ0) is 14.8. The Balaban J connectivity index is 1.92. The van der Waals surface area contributed by atoms with Gasteiger partial charge >= 0.3 is 6.36 Å². The first-order valence-corrected chi connectivity index (χ1v) is 7.51. The van der Waals surface area contributed by atoms with Gasteiger partial charge in [-0.3, -0.25) is 9.64 Å². The molecule has 2 aliphatic rings. The molecule has 2 fully saturated rings. The van der Waals surface area contributed by atoms with E-state index in [1.165, 1.54) is 12.8 Å². The SMILES string of the molecule is CC(C)C1CNC2(CCCC2)CN1CCOC(F)(F)F. The molecule has 0 aromatic carbocycles. The second-order valence-electron chi connectivity index (χ2n) is 6.44. The molecule has 1 aliphatic heterocycles. The lowest BCUT2D eigenvalue weighted by atomic mass is 9.89. The highest BCUT2D eigenvalue weighted by molar-refractivity contribution is 5.01. The highest BCUT2D eigenvalue weighted by Gasteiger charge is 2.41. The molecule has 20 heavy (non-hydrogen) atoms. The third-order valence-corrected chi connectivity index (χ3v) is 4.64. The van der Waals surface area contributed by atoms with Crippen molar-refractivity contribution in [2.45, 2.75) is 57.5 Å². The Kier molecular flexibility index (Phi) is 4.97. The molecule has 1 heterocycles. The van der Waals surface area contributed by atoms with E-state index in [4.69, 9.17) is 0 Å². The van der Waals surface area contributed by atoms with Gasteiger partial charge in [-0.25, -0.2) is 0 Å². The molecule has 3 nitrogen and oxygen atoms in total. The predicted molar refractivity (Wildman–Crippen MR) is 71.4 cm³/mol. The number of hydrogen-bond donors (Lipinski definition) is 1. The maximum atomic E-state index is 12.1. The first-order chi connectivity index (χ1) is 9.31. The molecule has 1 atom stereocenters. The fourth-order valence-electron chi connectivity index (χ4n) is 3.58. The Labute approximate surface area is 118 Å². The molecule has 2 rings (SSSR count). The van der Waals surface area contributed by atoms with Crippen molar-refractivity contribution in [1.82, 2.24) is 10.2 Å². The van der Waals surface area contributed by atoms with E-state index in [1.807, 2.05) is 0 Å². The molecule has 0 aromatic rings. The Morgan fingerprint density at radius 3 is 2.50 bits per heavy atom. The fourth-order valence-corrected chi connectivity index (χ4v) is 3.58. The zero-order valence-corrected chi connectivity index (χ0v) is 12.3. The largest absolute Gasteiger partial charge is 0.522 e.